The zero-order valence-electron chi connectivity index (χ0n) is 5.95. The number of halogens is 1. The lowest BCUT2D eigenvalue weighted by Crippen LogP contribution is -1.88. The van der Waals surface area contributed by atoms with Gasteiger partial charge in [0.15, 0.2) is 0 Å². The van der Waals surface area contributed by atoms with Crippen LogP contribution >= 0.6 is 11.6 Å². The number of rotatable bonds is 0. The van der Waals surface area contributed by atoms with Gasteiger partial charge in [-0.3, -0.25) is 0 Å². The van der Waals surface area contributed by atoms with E-state index >= 15 is 0 Å². The molecule has 0 fully saturated rings. The zero-order chi connectivity index (χ0) is 7.84. The number of benzene rings is 1. The van der Waals surface area contributed by atoms with Crippen molar-refractivity contribution in [1.29, 1.82) is 0 Å². The highest BCUT2D eigenvalue weighted by Crippen LogP contribution is 2.19. The van der Waals surface area contributed by atoms with Gasteiger partial charge in [0.05, 0.1) is 10.5 Å². The van der Waals surface area contributed by atoms with Crippen LogP contribution in [0.4, 0.5) is 0 Å². The Bertz CT molecular complexity index is 393. The van der Waals surface area contributed by atoms with E-state index in [4.69, 9.17) is 11.6 Å². The first-order valence-corrected chi connectivity index (χ1v) is 3.61. The van der Waals surface area contributed by atoms with Crippen molar-refractivity contribution in [1.82, 2.24) is 15.0 Å². The average Bonchev–Trinajstić information content (AvgIpc) is 2.35. The summed E-state index contributed by atoms with van der Waals surface area (Å²) in [5.41, 5.74) is 1.72. The largest absolute Gasteiger partial charge is 0.248 e. The van der Waals surface area contributed by atoms with Gasteiger partial charge in [-0.05, 0) is 12.1 Å². The molecular weight excluding hydrogens is 162 g/mol. The summed E-state index contributed by atoms with van der Waals surface area (Å²) in [4.78, 5) is 0. The molecule has 0 bridgehead atoms. The summed E-state index contributed by atoms with van der Waals surface area (Å²) in [6.07, 6.45) is 0. The van der Waals surface area contributed by atoms with Gasteiger partial charge in [-0.2, -0.15) is 0 Å². The van der Waals surface area contributed by atoms with Crippen LogP contribution in [0.5, 0.6) is 0 Å². The number of nitrogens with zero attached hydrogens (tertiary/aromatic N) is 3. The predicted octanol–water partition coefficient (Wildman–Crippen LogP) is 1.62. The molecule has 0 amide bonds. The minimum Gasteiger partial charge on any atom is -0.248 e. The fraction of sp³-hybridized carbons (Fsp3) is 0.143. The first-order chi connectivity index (χ1) is 5.29. The standard InChI is InChI=1S/C7H6ClN3/c1-11-6-4-2-3-5(8)7(6)9-10-11/h2-4H,1H3. The lowest BCUT2D eigenvalue weighted by atomic mass is 10.3. The monoisotopic (exact) mass is 167 g/mol. The van der Waals surface area contributed by atoms with Gasteiger partial charge in [-0.15, -0.1) is 5.10 Å². The highest BCUT2D eigenvalue weighted by atomic mass is 35.5. The molecule has 11 heavy (non-hydrogen) atoms. The lowest BCUT2D eigenvalue weighted by molar-refractivity contribution is 0.736. The topological polar surface area (TPSA) is 30.7 Å². The molecule has 0 spiro atoms. The smallest absolute Gasteiger partial charge is 0.131 e. The van der Waals surface area contributed by atoms with Gasteiger partial charge in [-0.25, -0.2) is 4.68 Å². The van der Waals surface area contributed by atoms with Crippen molar-refractivity contribution in [2.24, 2.45) is 7.05 Å². The van der Waals surface area contributed by atoms with Crippen LogP contribution in [0.25, 0.3) is 11.0 Å². The summed E-state index contributed by atoms with van der Waals surface area (Å²) in [6.45, 7) is 0. The predicted molar refractivity (Wildman–Crippen MR) is 43.5 cm³/mol. The van der Waals surface area contributed by atoms with Crippen molar-refractivity contribution in [3.8, 4) is 0 Å². The van der Waals surface area contributed by atoms with Gasteiger partial charge in [0.25, 0.3) is 0 Å². The van der Waals surface area contributed by atoms with Crippen molar-refractivity contribution in [3.63, 3.8) is 0 Å². The van der Waals surface area contributed by atoms with Crippen LogP contribution in [-0.2, 0) is 7.05 Å². The maximum atomic E-state index is 5.85. The molecule has 3 nitrogen and oxygen atoms in total. The second-order valence-corrected chi connectivity index (χ2v) is 2.73. The Morgan fingerprint density at radius 2 is 2.27 bits per heavy atom. The minimum atomic E-state index is 0.649. The molecule has 56 valence electrons. The van der Waals surface area contributed by atoms with E-state index in [1.807, 2.05) is 19.2 Å². The van der Waals surface area contributed by atoms with Crippen LogP contribution in [0.15, 0.2) is 18.2 Å². The fourth-order valence-electron chi connectivity index (χ4n) is 1.02. The maximum Gasteiger partial charge on any atom is 0.131 e. The van der Waals surface area contributed by atoms with Crippen LogP contribution in [-0.4, -0.2) is 15.0 Å². The minimum absolute atomic E-state index is 0.649. The molecule has 0 aliphatic heterocycles. The summed E-state index contributed by atoms with van der Waals surface area (Å²) in [6, 6.07) is 5.62. The molecule has 0 radical (unpaired) electrons. The Labute approximate surface area is 68.6 Å². The summed E-state index contributed by atoms with van der Waals surface area (Å²) in [5, 5.41) is 8.39. The third-order valence-corrected chi connectivity index (χ3v) is 1.90. The van der Waals surface area contributed by atoms with Gasteiger partial charge in [0.2, 0.25) is 0 Å². The highest BCUT2D eigenvalue weighted by Gasteiger charge is 2.02. The van der Waals surface area contributed by atoms with Gasteiger partial charge >= 0.3 is 0 Å². The Hall–Kier alpha value is -1.09. The lowest BCUT2D eigenvalue weighted by Gasteiger charge is -1.91. The van der Waals surface area contributed by atoms with E-state index < -0.39 is 0 Å². The quantitative estimate of drug-likeness (QED) is 0.597. The molecule has 0 aliphatic rings. The Balaban J connectivity index is 2.94. The third kappa shape index (κ3) is 0.886. The first kappa shape index (κ1) is 6.61. The molecule has 0 atom stereocenters. The van der Waals surface area contributed by atoms with Gasteiger partial charge in [0, 0.05) is 7.05 Å². The highest BCUT2D eigenvalue weighted by molar-refractivity contribution is 6.34. The van der Waals surface area contributed by atoms with E-state index in [2.05, 4.69) is 10.3 Å². The van der Waals surface area contributed by atoms with Crippen LogP contribution in [0.2, 0.25) is 5.02 Å². The third-order valence-electron chi connectivity index (χ3n) is 1.59. The van der Waals surface area contributed by atoms with Crippen LogP contribution in [0.1, 0.15) is 0 Å². The van der Waals surface area contributed by atoms with E-state index in [0.717, 1.165) is 11.0 Å². The molecule has 2 rings (SSSR count). The molecule has 0 aliphatic carbocycles. The van der Waals surface area contributed by atoms with E-state index in [0.29, 0.717) is 5.02 Å². The second-order valence-electron chi connectivity index (χ2n) is 2.32. The number of hydrogen-bond acceptors (Lipinski definition) is 2. The first-order valence-electron chi connectivity index (χ1n) is 3.23. The molecule has 1 heterocycles. The van der Waals surface area contributed by atoms with Crippen LogP contribution in [0, 0.1) is 0 Å². The van der Waals surface area contributed by atoms with Gasteiger partial charge < -0.3 is 0 Å². The van der Waals surface area contributed by atoms with E-state index in [1.165, 1.54) is 0 Å². The zero-order valence-corrected chi connectivity index (χ0v) is 6.71. The second kappa shape index (κ2) is 2.20. The number of fused-ring (bicyclic) bond motifs is 1. The molecule has 0 unspecified atom stereocenters. The van der Waals surface area contributed by atoms with Crippen molar-refractivity contribution >= 4 is 22.6 Å². The molecule has 1 aromatic carbocycles. The number of aryl methyl sites for hydroxylation is 1. The van der Waals surface area contributed by atoms with Crippen LogP contribution in [0.3, 0.4) is 0 Å². The summed E-state index contributed by atoms with van der Waals surface area (Å²) in [7, 11) is 1.84. The Morgan fingerprint density at radius 1 is 1.45 bits per heavy atom. The van der Waals surface area contributed by atoms with Gasteiger partial charge in [0.1, 0.15) is 5.52 Å². The van der Waals surface area contributed by atoms with E-state index in [-0.39, 0.29) is 0 Å². The van der Waals surface area contributed by atoms with Crippen LogP contribution < -0.4 is 0 Å². The molecule has 2 aromatic rings. The summed E-state index contributed by atoms with van der Waals surface area (Å²) in [5.74, 6) is 0. The molecule has 0 saturated heterocycles. The van der Waals surface area contributed by atoms with Crippen molar-refractivity contribution in [2.45, 2.75) is 0 Å². The fourth-order valence-corrected chi connectivity index (χ4v) is 1.23. The molecule has 0 N–H and O–H groups in total. The van der Waals surface area contributed by atoms with Crippen molar-refractivity contribution in [3.05, 3.63) is 23.2 Å². The normalized spacial score (nSPS) is 10.7. The summed E-state index contributed by atoms with van der Waals surface area (Å²) < 4.78 is 1.70. The maximum absolute atomic E-state index is 5.85. The Morgan fingerprint density at radius 3 is 3.00 bits per heavy atom. The van der Waals surface area contributed by atoms with Crippen molar-refractivity contribution < 1.29 is 0 Å². The molecule has 1 aromatic heterocycles. The van der Waals surface area contributed by atoms with E-state index in [1.54, 1.807) is 10.7 Å². The van der Waals surface area contributed by atoms with E-state index in [9.17, 15) is 0 Å². The Kier molecular flexibility index (Phi) is 1.32. The van der Waals surface area contributed by atoms with Crippen molar-refractivity contribution in [2.75, 3.05) is 0 Å². The number of aromatic nitrogens is 3. The average molecular weight is 168 g/mol. The SMILES string of the molecule is Cn1nnc2c(Cl)cccc21. The molecule has 4 heteroatoms. The molecular formula is C7H6ClN3. The van der Waals surface area contributed by atoms with Gasteiger partial charge in [-0.1, -0.05) is 22.9 Å². The molecule has 0 saturated carbocycles. The summed E-state index contributed by atoms with van der Waals surface area (Å²) >= 11 is 5.85. The number of hydrogen-bond donors (Lipinski definition) is 0.